The van der Waals surface area contributed by atoms with Gasteiger partial charge in [0.2, 0.25) is 5.88 Å². The summed E-state index contributed by atoms with van der Waals surface area (Å²) >= 11 is 0. The molecule has 2 heterocycles. The molecule has 0 bridgehead atoms. The summed E-state index contributed by atoms with van der Waals surface area (Å²) < 4.78 is 7.38. The number of fused-ring (bicyclic) bond motifs is 1. The van der Waals surface area contributed by atoms with Gasteiger partial charge >= 0.3 is 7.05 Å². The molecule has 0 atom stereocenters. The minimum Gasteiger partial charge on any atom is -0.439 e. The number of benzene rings is 2. The van der Waals surface area contributed by atoms with Crippen molar-refractivity contribution in [1.29, 1.82) is 0 Å². The molecule has 0 amide bonds. The number of nitrogens with zero attached hydrogens (tertiary/aromatic N) is 3. The number of hydrogen-bond acceptors (Lipinski definition) is 4. The van der Waals surface area contributed by atoms with Crippen LogP contribution in [-0.4, -0.2) is 26.7 Å². The summed E-state index contributed by atoms with van der Waals surface area (Å²) in [7, 11) is -0.757. The fourth-order valence-corrected chi connectivity index (χ4v) is 2.77. The quantitative estimate of drug-likeness (QED) is 0.578. The smallest absolute Gasteiger partial charge is 0.431 e. The van der Waals surface area contributed by atoms with Gasteiger partial charge in [0, 0.05) is 23.2 Å². The van der Waals surface area contributed by atoms with E-state index < -0.39 is 7.05 Å². The zero-order valence-corrected chi connectivity index (χ0v) is 13.7. The van der Waals surface area contributed by atoms with Gasteiger partial charge in [0.05, 0.1) is 5.52 Å². The van der Waals surface area contributed by atoms with E-state index in [1.807, 2.05) is 60.7 Å². The Hall–Kier alpha value is -3.12. The minimum atomic E-state index is -0.757. The Bertz CT molecular complexity index is 1000. The molecule has 0 saturated carbocycles. The predicted octanol–water partition coefficient (Wildman–Crippen LogP) is 3.85. The van der Waals surface area contributed by atoms with E-state index in [0.29, 0.717) is 11.6 Å². The molecule has 2 aromatic carbocycles. The first-order chi connectivity index (χ1) is 12.2. The van der Waals surface area contributed by atoms with Gasteiger partial charge in [-0.25, -0.2) is 4.98 Å². The lowest BCUT2D eigenvalue weighted by molar-refractivity contribution is 0.464. The molecule has 25 heavy (non-hydrogen) atoms. The van der Waals surface area contributed by atoms with E-state index in [1.165, 1.54) is 0 Å². The van der Waals surface area contributed by atoms with Crippen LogP contribution in [0.15, 0.2) is 72.9 Å². The molecule has 122 valence electrons. The van der Waals surface area contributed by atoms with Crippen molar-refractivity contribution in [1.82, 2.24) is 14.7 Å². The van der Waals surface area contributed by atoms with Crippen molar-refractivity contribution in [3.8, 4) is 22.9 Å². The van der Waals surface area contributed by atoms with Crippen molar-refractivity contribution >= 4 is 18.0 Å². The molecule has 0 unspecified atom stereocenters. The Morgan fingerprint density at radius 3 is 2.36 bits per heavy atom. The van der Waals surface area contributed by atoms with Gasteiger partial charge in [-0.2, -0.15) is 5.10 Å². The van der Waals surface area contributed by atoms with Crippen LogP contribution in [0.4, 0.5) is 0 Å². The molecule has 0 aliphatic carbocycles. The van der Waals surface area contributed by atoms with E-state index in [0.717, 1.165) is 22.2 Å². The molecular weight excluding hydrogens is 313 g/mol. The van der Waals surface area contributed by atoms with E-state index in [2.05, 4.69) is 10.1 Å². The van der Waals surface area contributed by atoms with Gasteiger partial charge in [-0.3, -0.25) is 4.59 Å². The van der Waals surface area contributed by atoms with E-state index >= 15 is 0 Å². The summed E-state index contributed by atoms with van der Waals surface area (Å²) in [6.07, 6.45) is 1.74. The van der Waals surface area contributed by atoms with Crippen molar-refractivity contribution in [2.75, 3.05) is 0 Å². The fraction of sp³-hybridized carbons (Fsp3) is 0.0526. The Morgan fingerprint density at radius 1 is 1.00 bits per heavy atom. The first-order valence-electron chi connectivity index (χ1n) is 8.07. The second-order valence-electron chi connectivity index (χ2n) is 5.75. The number of pyridine rings is 1. The zero-order valence-electron chi connectivity index (χ0n) is 13.7. The molecule has 0 aliphatic rings. The van der Waals surface area contributed by atoms with Crippen molar-refractivity contribution in [2.24, 2.45) is 0 Å². The second kappa shape index (κ2) is 6.41. The third kappa shape index (κ3) is 2.99. The molecular formula is C19H16BN3O2. The maximum Gasteiger partial charge on any atom is 0.431 e. The highest BCUT2D eigenvalue weighted by atomic mass is 16.5. The highest BCUT2D eigenvalue weighted by Gasteiger charge is 2.18. The Labute approximate surface area is 145 Å². The third-order valence-electron chi connectivity index (χ3n) is 3.93. The van der Waals surface area contributed by atoms with Crippen LogP contribution in [0.1, 0.15) is 0 Å². The van der Waals surface area contributed by atoms with Gasteiger partial charge in [0.25, 0.3) is 0 Å². The van der Waals surface area contributed by atoms with Gasteiger partial charge in [-0.1, -0.05) is 48.5 Å². The molecule has 6 heteroatoms. The van der Waals surface area contributed by atoms with Crippen LogP contribution in [0, 0.1) is 0 Å². The van der Waals surface area contributed by atoms with Gasteiger partial charge < -0.3 is 9.76 Å². The predicted molar refractivity (Wildman–Crippen MR) is 98.7 cm³/mol. The lowest BCUT2D eigenvalue weighted by Gasteiger charge is -2.06. The highest BCUT2D eigenvalue weighted by molar-refractivity contribution is 6.48. The van der Waals surface area contributed by atoms with Crippen molar-refractivity contribution in [3.63, 3.8) is 0 Å². The largest absolute Gasteiger partial charge is 0.439 e. The minimum absolute atomic E-state index is 0.458. The summed E-state index contributed by atoms with van der Waals surface area (Å²) in [5.74, 6) is 1.17. The fourth-order valence-electron chi connectivity index (χ4n) is 2.77. The van der Waals surface area contributed by atoms with Crippen molar-refractivity contribution < 1.29 is 9.76 Å². The second-order valence-corrected chi connectivity index (χ2v) is 5.75. The van der Waals surface area contributed by atoms with Crippen LogP contribution in [0.25, 0.3) is 22.2 Å². The molecule has 5 nitrogen and oxygen atoms in total. The van der Waals surface area contributed by atoms with Crippen LogP contribution in [0.5, 0.6) is 11.6 Å². The SMILES string of the molecule is CB(O)n1nc(-c2ccccc2)c2cnc(Oc3ccccc3)cc21. The van der Waals surface area contributed by atoms with E-state index in [1.54, 1.807) is 23.7 Å². The Kier molecular flexibility index (Phi) is 3.95. The molecule has 0 aliphatic heterocycles. The van der Waals surface area contributed by atoms with Gasteiger partial charge in [0.1, 0.15) is 11.4 Å². The number of hydrogen-bond donors (Lipinski definition) is 1. The average molecular weight is 329 g/mol. The molecule has 0 fully saturated rings. The number of para-hydroxylation sites is 1. The molecule has 1 N–H and O–H groups in total. The first kappa shape index (κ1) is 15.4. The average Bonchev–Trinajstić information content (AvgIpc) is 3.02. The van der Waals surface area contributed by atoms with Gasteiger partial charge in [-0.15, -0.1) is 0 Å². The molecule has 2 aromatic heterocycles. The number of aromatic nitrogens is 3. The van der Waals surface area contributed by atoms with Crippen molar-refractivity contribution in [3.05, 3.63) is 72.9 Å². The lowest BCUT2D eigenvalue weighted by Crippen LogP contribution is -2.20. The van der Waals surface area contributed by atoms with Crippen LogP contribution >= 0.6 is 0 Å². The highest BCUT2D eigenvalue weighted by Crippen LogP contribution is 2.30. The maximum atomic E-state index is 10.1. The van der Waals surface area contributed by atoms with E-state index in [4.69, 9.17) is 4.74 Å². The monoisotopic (exact) mass is 329 g/mol. The van der Waals surface area contributed by atoms with Crippen LogP contribution in [0.2, 0.25) is 6.82 Å². The van der Waals surface area contributed by atoms with Gasteiger partial charge in [0.15, 0.2) is 0 Å². The summed E-state index contributed by atoms with van der Waals surface area (Å²) in [4.78, 5) is 4.40. The Morgan fingerprint density at radius 2 is 1.68 bits per heavy atom. The number of rotatable bonds is 4. The summed E-state index contributed by atoms with van der Waals surface area (Å²) in [5.41, 5.74) is 2.54. The molecule has 4 rings (SSSR count). The van der Waals surface area contributed by atoms with Crippen LogP contribution in [-0.2, 0) is 0 Å². The molecule has 4 aromatic rings. The number of ether oxygens (including phenoxy) is 1. The van der Waals surface area contributed by atoms with E-state index in [-0.39, 0.29) is 0 Å². The summed E-state index contributed by atoms with van der Waals surface area (Å²) in [6.45, 7) is 1.68. The third-order valence-corrected chi connectivity index (χ3v) is 3.93. The maximum absolute atomic E-state index is 10.1. The molecule has 0 saturated heterocycles. The van der Waals surface area contributed by atoms with Crippen LogP contribution in [0.3, 0.4) is 0 Å². The normalized spacial score (nSPS) is 10.8. The zero-order chi connectivity index (χ0) is 17.2. The summed E-state index contributed by atoms with van der Waals surface area (Å²) in [5, 5.41) is 15.5. The van der Waals surface area contributed by atoms with Gasteiger partial charge in [-0.05, 0) is 19.0 Å². The van der Waals surface area contributed by atoms with Crippen molar-refractivity contribution in [2.45, 2.75) is 6.82 Å². The Balaban J connectivity index is 1.83. The van der Waals surface area contributed by atoms with E-state index in [9.17, 15) is 5.02 Å². The van der Waals surface area contributed by atoms with Crippen LogP contribution < -0.4 is 4.74 Å². The lowest BCUT2D eigenvalue weighted by atomic mass is 9.89. The first-order valence-corrected chi connectivity index (χ1v) is 8.07. The molecule has 0 spiro atoms. The molecule has 0 radical (unpaired) electrons. The standard InChI is InChI=1S/C19H16BN3O2/c1-20(24)23-17-12-18(25-15-10-6-3-7-11-15)21-13-16(17)19(22-23)14-8-4-2-5-9-14/h2-13,24H,1H3. The summed E-state index contributed by atoms with van der Waals surface area (Å²) in [6, 6.07) is 21.1. The topological polar surface area (TPSA) is 60.2 Å².